The first-order valence-electron chi connectivity index (χ1n) is 6.26. The molecule has 2 heteroatoms. The van der Waals surface area contributed by atoms with Crippen molar-refractivity contribution < 1.29 is 9.47 Å². The van der Waals surface area contributed by atoms with Gasteiger partial charge in [-0.05, 0) is 35.4 Å². The Morgan fingerprint density at radius 1 is 0.750 bits per heavy atom. The van der Waals surface area contributed by atoms with Crippen LogP contribution < -0.4 is 9.47 Å². The zero-order chi connectivity index (χ0) is 14.8. The quantitative estimate of drug-likeness (QED) is 0.801. The van der Waals surface area contributed by atoms with E-state index in [4.69, 9.17) is 9.47 Å². The van der Waals surface area contributed by atoms with Gasteiger partial charge in [-0.3, -0.25) is 0 Å². The van der Waals surface area contributed by atoms with Gasteiger partial charge in [-0.1, -0.05) is 49.6 Å². The zero-order valence-corrected chi connectivity index (χ0v) is 12.0. The van der Waals surface area contributed by atoms with Crippen LogP contribution in [-0.4, -0.2) is 14.2 Å². The van der Waals surface area contributed by atoms with Crippen LogP contribution in [0.5, 0.6) is 11.5 Å². The molecule has 0 radical (unpaired) electrons. The second-order valence-corrected chi connectivity index (χ2v) is 3.96. The Bertz CT molecular complexity index is 542. The topological polar surface area (TPSA) is 18.5 Å². The van der Waals surface area contributed by atoms with Crippen LogP contribution in [0.15, 0.2) is 61.7 Å². The molecule has 0 aliphatic carbocycles. The highest BCUT2D eigenvalue weighted by atomic mass is 16.5. The Kier molecular flexibility index (Phi) is 6.69. The molecule has 2 nitrogen and oxygen atoms in total. The fourth-order valence-electron chi connectivity index (χ4n) is 1.51. The van der Waals surface area contributed by atoms with E-state index < -0.39 is 0 Å². The van der Waals surface area contributed by atoms with E-state index in [1.54, 1.807) is 26.4 Å². The summed E-state index contributed by atoms with van der Waals surface area (Å²) < 4.78 is 9.99. The molecule has 0 heterocycles. The summed E-state index contributed by atoms with van der Waals surface area (Å²) in [5, 5.41) is 0. The molecule has 0 atom stereocenters. The molecule has 0 saturated carbocycles. The largest absolute Gasteiger partial charge is 0.497 e. The highest BCUT2D eigenvalue weighted by molar-refractivity contribution is 5.49. The van der Waals surface area contributed by atoms with Gasteiger partial charge in [0.15, 0.2) is 0 Å². The van der Waals surface area contributed by atoms with Crippen molar-refractivity contribution in [3.63, 3.8) is 0 Å². The lowest BCUT2D eigenvalue weighted by molar-refractivity contribution is 0.414. The molecule has 0 spiro atoms. The molecule has 0 N–H and O–H groups in total. The smallest absolute Gasteiger partial charge is 0.119 e. The minimum Gasteiger partial charge on any atom is -0.497 e. The molecule has 0 aliphatic rings. The molecule has 2 aromatic rings. The number of hydrogen-bond acceptors (Lipinski definition) is 2. The van der Waals surface area contributed by atoms with Crippen molar-refractivity contribution >= 4 is 12.2 Å². The van der Waals surface area contributed by atoms with E-state index in [1.807, 2.05) is 48.5 Å². The maximum Gasteiger partial charge on any atom is 0.119 e. The SMILES string of the molecule is C=Cc1ccc(OC)cc1.C=Cc1cccc(OC)c1. The molecule has 20 heavy (non-hydrogen) atoms. The van der Waals surface area contributed by atoms with Crippen LogP contribution in [-0.2, 0) is 0 Å². The van der Waals surface area contributed by atoms with Gasteiger partial charge >= 0.3 is 0 Å². The predicted octanol–water partition coefficient (Wildman–Crippen LogP) is 4.68. The van der Waals surface area contributed by atoms with Crippen LogP contribution in [0.2, 0.25) is 0 Å². The Labute approximate surface area is 121 Å². The van der Waals surface area contributed by atoms with Crippen LogP contribution in [0, 0.1) is 0 Å². The van der Waals surface area contributed by atoms with E-state index >= 15 is 0 Å². The first kappa shape index (κ1) is 15.6. The minimum atomic E-state index is 0.873. The lowest BCUT2D eigenvalue weighted by Gasteiger charge is -1.98. The van der Waals surface area contributed by atoms with Crippen molar-refractivity contribution in [3.8, 4) is 11.5 Å². The summed E-state index contributed by atoms with van der Waals surface area (Å²) in [6.45, 7) is 7.30. The lowest BCUT2D eigenvalue weighted by atomic mass is 10.2. The number of rotatable bonds is 4. The number of methoxy groups -OCH3 is 2. The van der Waals surface area contributed by atoms with Gasteiger partial charge in [-0.25, -0.2) is 0 Å². The molecule has 104 valence electrons. The van der Waals surface area contributed by atoms with E-state index in [-0.39, 0.29) is 0 Å². The monoisotopic (exact) mass is 268 g/mol. The van der Waals surface area contributed by atoms with Crippen molar-refractivity contribution in [1.29, 1.82) is 0 Å². The van der Waals surface area contributed by atoms with E-state index in [2.05, 4.69) is 13.2 Å². The predicted molar refractivity (Wildman–Crippen MR) is 86.2 cm³/mol. The summed E-state index contributed by atoms with van der Waals surface area (Å²) in [4.78, 5) is 0. The van der Waals surface area contributed by atoms with Gasteiger partial charge in [-0.2, -0.15) is 0 Å². The van der Waals surface area contributed by atoms with Crippen LogP contribution in [0.1, 0.15) is 11.1 Å². The van der Waals surface area contributed by atoms with Crippen molar-refractivity contribution in [2.45, 2.75) is 0 Å². The Morgan fingerprint density at radius 2 is 1.35 bits per heavy atom. The van der Waals surface area contributed by atoms with E-state index in [0.717, 1.165) is 22.6 Å². The molecule has 0 amide bonds. The third-order valence-corrected chi connectivity index (χ3v) is 2.68. The highest BCUT2D eigenvalue weighted by Crippen LogP contribution is 2.12. The number of ether oxygens (including phenoxy) is 2. The maximum atomic E-state index is 5.01. The molecular weight excluding hydrogens is 248 g/mol. The molecule has 2 rings (SSSR count). The fraction of sp³-hybridized carbons (Fsp3) is 0.111. The standard InChI is InChI=1S/2C9H10O/c1-3-8-4-6-9(10-2)7-5-8;1-3-8-5-4-6-9(7-8)10-2/h2*3-7H,1H2,2H3. The summed E-state index contributed by atoms with van der Waals surface area (Å²) in [5.41, 5.74) is 2.19. The Morgan fingerprint density at radius 3 is 1.85 bits per heavy atom. The first-order chi connectivity index (χ1) is 9.73. The second kappa shape index (κ2) is 8.59. The highest BCUT2D eigenvalue weighted by Gasteiger charge is 1.89. The van der Waals surface area contributed by atoms with Crippen LogP contribution in [0.3, 0.4) is 0 Å². The van der Waals surface area contributed by atoms with Crippen LogP contribution in [0.25, 0.3) is 12.2 Å². The molecule has 0 aromatic heterocycles. The van der Waals surface area contributed by atoms with E-state index in [9.17, 15) is 0 Å². The lowest BCUT2D eigenvalue weighted by Crippen LogP contribution is -1.81. The second-order valence-electron chi connectivity index (χ2n) is 3.96. The van der Waals surface area contributed by atoms with Crippen molar-refractivity contribution in [1.82, 2.24) is 0 Å². The first-order valence-corrected chi connectivity index (χ1v) is 6.26. The molecule has 0 bridgehead atoms. The molecular formula is C18H20O2. The van der Waals surface area contributed by atoms with E-state index in [0.29, 0.717) is 0 Å². The van der Waals surface area contributed by atoms with Gasteiger partial charge in [0.05, 0.1) is 14.2 Å². The summed E-state index contributed by atoms with van der Waals surface area (Å²) in [6, 6.07) is 15.5. The van der Waals surface area contributed by atoms with Crippen molar-refractivity contribution in [3.05, 3.63) is 72.8 Å². The average Bonchev–Trinajstić information content (AvgIpc) is 2.55. The van der Waals surface area contributed by atoms with Gasteiger partial charge in [0, 0.05) is 0 Å². The minimum absolute atomic E-state index is 0.873. The summed E-state index contributed by atoms with van der Waals surface area (Å²) in [6.07, 6.45) is 3.60. The molecule has 0 saturated heterocycles. The zero-order valence-electron chi connectivity index (χ0n) is 12.0. The maximum absolute atomic E-state index is 5.01. The van der Waals surface area contributed by atoms with Gasteiger partial charge in [0.25, 0.3) is 0 Å². The normalized spacial score (nSPS) is 8.90. The summed E-state index contributed by atoms with van der Waals surface area (Å²) in [5.74, 6) is 1.75. The number of hydrogen-bond donors (Lipinski definition) is 0. The third-order valence-electron chi connectivity index (χ3n) is 2.68. The van der Waals surface area contributed by atoms with E-state index in [1.165, 1.54) is 0 Å². The third kappa shape index (κ3) is 5.02. The average molecular weight is 268 g/mol. The fourth-order valence-corrected chi connectivity index (χ4v) is 1.51. The van der Waals surface area contributed by atoms with Gasteiger partial charge in [-0.15, -0.1) is 0 Å². The summed E-state index contributed by atoms with van der Waals surface area (Å²) in [7, 11) is 3.31. The van der Waals surface area contributed by atoms with Crippen LogP contribution >= 0.6 is 0 Å². The Balaban J connectivity index is 0.000000200. The van der Waals surface area contributed by atoms with Gasteiger partial charge < -0.3 is 9.47 Å². The molecule has 0 fully saturated rings. The number of benzene rings is 2. The van der Waals surface area contributed by atoms with Crippen molar-refractivity contribution in [2.24, 2.45) is 0 Å². The molecule has 0 aliphatic heterocycles. The van der Waals surface area contributed by atoms with Crippen molar-refractivity contribution in [2.75, 3.05) is 14.2 Å². The Hall–Kier alpha value is -2.48. The van der Waals surface area contributed by atoms with Gasteiger partial charge in [0.1, 0.15) is 11.5 Å². The van der Waals surface area contributed by atoms with Crippen LogP contribution in [0.4, 0.5) is 0 Å². The molecule has 2 aromatic carbocycles. The summed E-state index contributed by atoms with van der Waals surface area (Å²) >= 11 is 0. The van der Waals surface area contributed by atoms with Gasteiger partial charge in [0.2, 0.25) is 0 Å². The molecule has 0 unspecified atom stereocenters.